The highest BCUT2D eigenvalue weighted by Crippen LogP contribution is 2.40. The van der Waals surface area contributed by atoms with Crippen molar-refractivity contribution in [1.29, 1.82) is 0 Å². The Labute approximate surface area is 182 Å². The van der Waals surface area contributed by atoms with Crippen LogP contribution in [0.2, 0.25) is 0 Å². The van der Waals surface area contributed by atoms with Crippen LogP contribution in [0.5, 0.6) is 0 Å². The monoisotopic (exact) mass is 443 g/mol. The fourth-order valence-corrected chi connectivity index (χ4v) is 5.20. The predicted molar refractivity (Wildman–Crippen MR) is 113 cm³/mol. The average Bonchev–Trinajstić information content (AvgIpc) is 3.16. The zero-order chi connectivity index (χ0) is 22.3. The van der Waals surface area contributed by atoms with Gasteiger partial charge in [0, 0.05) is 17.5 Å². The second kappa shape index (κ2) is 8.10. The van der Waals surface area contributed by atoms with Crippen LogP contribution in [0.3, 0.4) is 0 Å². The van der Waals surface area contributed by atoms with E-state index in [2.05, 4.69) is 5.32 Å². The van der Waals surface area contributed by atoms with Crippen LogP contribution in [0, 0.1) is 0 Å². The highest BCUT2D eigenvalue weighted by atomic mass is 32.2. The van der Waals surface area contributed by atoms with Crippen LogP contribution in [0.1, 0.15) is 19.9 Å². The molecule has 1 saturated heterocycles. The zero-order valence-corrected chi connectivity index (χ0v) is 17.7. The van der Waals surface area contributed by atoms with E-state index in [1.165, 1.54) is 21.2 Å². The van der Waals surface area contributed by atoms with Gasteiger partial charge < -0.3 is 19.7 Å². The third-order valence-electron chi connectivity index (χ3n) is 5.33. The molecular weight excluding hydrogens is 422 g/mol. The molecule has 2 aromatic rings. The number of benzene rings is 1. The SMILES string of the molecule is CCOC(=O)C(C(=O)NC1C(=O)N2C(C(=O)O)=C(C)CSC12)n1ccc2ccccc21. The molecule has 2 N–H and O–H groups in total. The molecule has 3 heterocycles. The lowest BCUT2D eigenvalue weighted by Gasteiger charge is -2.49. The van der Waals surface area contributed by atoms with Gasteiger partial charge >= 0.3 is 11.9 Å². The number of para-hydroxylation sites is 1. The predicted octanol–water partition coefficient (Wildman–Crippen LogP) is 1.50. The molecular formula is C21H21N3O6S. The minimum absolute atomic E-state index is 0.0439. The van der Waals surface area contributed by atoms with Crippen molar-refractivity contribution in [2.75, 3.05) is 12.4 Å². The lowest BCUT2D eigenvalue weighted by Crippen LogP contribution is -2.71. The van der Waals surface area contributed by atoms with Crippen LogP contribution in [-0.4, -0.2) is 62.1 Å². The molecule has 31 heavy (non-hydrogen) atoms. The normalized spacial score (nSPS) is 21.4. The molecule has 0 radical (unpaired) electrons. The summed E-state index contributed by atoms with van der Waals surface area (Å²) in [6.07, 6.45) is 1.63. The average molecular weight is 443 g/mol. The second-order valence-corrected chi connectivity index (χ2v) is 8.37. The lowest BCUT2D eigenvalue weighted by atomic mass is 10.0. The third-order valence-corrected chi connectivity index (χ3v) is 6.75. The minimum Gasteiger partial charge on any atom is -0.477 e. The molecule has 0 spiro atoms. The number of hydrogen-bond acceptors (Lipinski definition) is 6. The fraction of sp³-hybridized carbons (Fsp3) is 0.333. The number of nitrogens with one attached hydrogen (secondary N) is 1. The summed E-state index contributed by atoms with van der Waals surface area (Å²) in [4.78, 5) is 51.3. The maximum Gasteiger partial charge on any atom is 0.352 e. The number of esters is 1. The molecule has 0 aliphatic carbocycles. The number of carbonyl (C=O) groups is 4. The summed E-state index contributed by atoms with van der Waals surface area (Å²) in [6.45, 7) is 3.41. The molecule has 3 atom stereocenters. The number of ether oxygens (including phenoxy) is 1. The number of fused-ring (bicyclic) bond motifs is 2. The Bertz CT molecular complexity index is 1120. The summed E-state index contributed by atoms with van der Waals surface area (Å²) in [7, 11) is 0. The smallest absolute Gasteiger partial charge is 0.352 e. The Morgan fingerprint density at radius 3 is 2.74 bits per heavy atom. The van der Waals surface area contributed by atoms with Crippen LogP contribution in [0.4, 0.5) is 0 Å². The van der Waals surface area contributed by atoms with Gasteiger partial charge in [-0.05, 0) is 36.9 Å². The van der Waals surface area contributed by atoms with E-state index in [0.29, 0.717) is 16.8 Å². The van der Waals surface area contributed by atoms with Crippen LogP contribution in [0.15, 0.2) is 47.8 Å². The molecule has 4 rings (SSSR count). The number of aliphatic carboxylic acids is 1. The van der Waals surface area contributed by atoms with Gasteiger partial charge in [-0.1, -0.05) is 18.2 Å². The second-order valence-electron chi connectivity index (χ2n) is 7.27. The molecule has 162 valence electrons. The highest BCUT2D eigenvalue weighted by Gasteiger charge is 2.54. The summed E-state index contributed by atoms with van der Waals surface area (Å²) in [6, 6.07) is 6.85. The first-order chi connectivity index (χ1) is 14.8. The van der Waals surface area contributed by atoms with Gasteiger partial charge in [-0.25, -0.2) is 9.59 Å². The molecule has 2 aliphatic heterocycles. The molecule has 2 amide bonds. The first-order valence-electron chi connectivity index (χ1n) is 9.75. The summed E-state index contributed by atoms with van der Waals surface area (Å²) >= 11 is 1.37. The van der Waals surface area contributed by atoms with Crippen LogP contribution >= 0.6 is 11.8 Å². The summed E-state index contributed by atoms with van der Waals surface area (Å²) in [5.41, 5.74) is 1.23. The van der Waals surface area contributed by atoms with Crippen molar-refractivity contribution in [3.8, 4) is 0 Å². The molecule has 9 nitrogen and oxygen atoms in total. The molecule has 10 heteroatoms. The van der Waals surface area contributed by atoms with E-state index < -0.39 is 41.2 Å². The van der Waals surface area contributed by atoms with E-state index in [4.69, 9.17) is 4.74 Å². The van der Waals surface area contributed by atoms with E-state index >= 15 is 0 Å². The number of β-lactam (4-membered cyclic amide) rings is 1. The number of carboxylic acid groups (broad SMARTS) is 1. The van der Waals surface area contributed by atoms with Gasteiger partial charge in [0.2, 0.25) is 6.04 Å². The van der Waals surface area contributed by atoms with Gasteiger partial charge in [0.15, 0.2) is 0 Å². The Balaban J connectivity index is 1.60. The van der Waals surface area contributed by atoms with Gasteiger partial charge in [-0.3, -0.25) is 14.5 Å². The van der Waals surface area contributed by atoms with Crippen molar-refractivity contribution in [2.45, 2.75) is 31.3 Å². The number of thioether (sulfide) groups is 1. The van der Waals surface area contributed by atoms with Gasteiger partial charge in [0.25, 0.3) is 11.8 Å². The topological polar surface area (TPSA) is 118 Å². The highest BCUT2D eigenvalue weighted by molar-refractivity contribution is 8.00. The number of carbonyl (C=O) groups excluding carboxylic acids is 3. The van der Waals surface area contributed by atoms with Crippen molar-refractivity contribution in [3.05, 3.63) is 47.8 Å². The largest absolute Gasteiger partial charge is 0.477 e. The molecule has 0 bridgehead atoms. The van der Waals surface area contributed by atoms with E-state index in [1.807, 2.05) is 12.1 Å². The van der Waals surface area contributed by atoms with E-state index in [0.717, 1.165) is 5.39 Å². The molecule has 2 aliphatic rings. The molecule has 1 fully saturated rings. The van der Waals surface area contributed by atoms with Gasteiger partial charge in [0.1, 0.15) is 17.1 Å². The maximum absolute atomic E-state index is 13.2. The van der Waals surface area contributed by atoms with Crippen molar-refractivity contribution in [3.63, 3.8) is 0 Å². The maximum atomic E-state index is 13.2. The summed E-state index contributed by atoms with van der Waals surface area (Å²) in [5, 5.41) is 12.4. The molecule has 0 saturated carbocycles. The number of aromatic nitrogens is 1. The number of nitrogens with zero attached hydrogens (tertiary/aromatic N) is 2. The zero-order valence-electron chi connectivity index (χ0n) is 16.9. The number of hydrogen-bond donors (Lipinski definition) is 2. The van der Waals surface area contributed by atoms with Crippen molar-refractivity contribution < 1.29 is 29.0 Å². The van der Waals surface area contributed by atoms with Crippen molar-refractivity contribution in [2.24, 2.45) is 0 Å². The molecule has 1 aromatic heterocycles. The van der Waals surface area contributed by atoms with Crippen LogP contribution < -0.4 is 5.32 Å². The quantitative estimate of drug-likeness (QED) is 0.395. The Kier molecular flexibility index (Phi) is 5.48. The van der Waals surface area contributed by atoms with E-state index in [-0.39, 0.29) is 12.3 Å². The summed E-state index contributed by atoms with van der Waals surface area (Å²) in [5.74, 6) is -2.66. The first-order valence-corrected chi connectivity index (χ1v) is 10.8. The standard InChI is InChI=1S/C21H21N3O6S/c1-3-30-21(29)16(23-9-8-12-6-4-5-7-13(12)23)17(25)22-14-18(26)24-15(20(27)28)11(2)10-31-19(14)24/h4-9,14,16,19H,3,10H2,1-2H3,(H,22,25)(H,27,28). The molecule has 1 aromatic carbocycles. The minimum atomic E-state index is -1.31. The van der Waals surface area contributed by atoms with Crippen LogP contribution in [0.25, 0.3) is 10.9 Å². The summed E-state index contributed by atoms with van der Waals surface area (Å²) < 4.78 is 6.64. The Hall–Kier alpha value is -3.27. The lowest BCUT2D eigenvalue weighted by molar-refractivity contribution is -0.155. The van der Waals surface area contributed by atoms with Gasteiger partial charge in [-0.15, -0.1) is 11.8 Å². The molecule has 3 unspecified atom stereocenters. The van der Waals surface area contributed by atoms with E-state index in [1.54, 1.807) is 38.2 Å². The number of amides is 2. The number of carboxylic acids is 1. The van der Waals surface area contributed by atoms with Gasteiger partial charge in [-0.2, -0.15) is 0 Å². The third kappa shape index (κ3) is 3.46. The van der Waals surface area contributed by atoms with Crippen molar-refractivity contribution in [1.82, 2.24) is 14.8 Å². The first kappa shape index (κ1) is 21.0. The Morgan fingerprint density at radius 1 is 1.29 bits per heavy atom. The Morgan fingerprint density at radius 2 is 2.03 bits per heavy atom. The van der Waals surface area contributed by atoms with Crippen molar-refractivity contribution >= 4 is 46.4 Å². The number of rotatable bonds is 6. The van der Waals surface area contributed by atoms with Gasteiger partial charge in [0.05, 0.1) is 6.61 Å². The van der Waals surface area contributed by atoms with Crippen LogP contribution in [-0.2, 0) is 23.9 Å². The van der Waals surface area contributed by atoms with E-state index in [9.17, 15) is 24.3 Å². The fourth-order valence-electron chi connectivity index (χ4n) is 3.91.